The molecule has 0 radical (unpaired) electrons. The predicted octanol–water partition coefficient (Wildman–Crippen LogP) is 5.01. The van der Waals surface area contributed by atoms with Crippen LogP contribution in [0.25, 0.3) is 11.3 Å². The first-order chi connectivity index (χ1) is 11.7. The van der Waals surface area contributed by atoms with E-state index in [1.165, 1.54) is 24.5 Å². The van der Waals surface area contributed by atoms with Gasteiger partial charge in [-0.05, 0) is 40.3 Å². The zero-order chi connectivity index (χ0) is 16.9. The lowest BCUT2D eigenvalue weighted by Crippen LogP contribution is -1.96. The van der Waals surface area contributed by atoms with Crippen LogP contribution in [0.2, 0.25) is 0 Å². The molecule has 4 nitrogen and oxygen atoms in total. The molecule has 7 heteroatoms. The Bertz CT molecular complexity index is 844. The number of aromatic nitrogens is 1. The zero-order valence-corrected chi connectivity index (χ0v) is 15.6. The molecular weight excluding hydrogens is 440 g/mol. The van der Waals surface area contributed by atoms with Gasteiger partial charge in [0, 0.05) is 10.9 Å². The largest absolute Gasteiger partial charge is 0.493 e. The molecule has 0 saturated carbocycles. The molecule has 1 aromatic heterocycles. The number of halogens is 2. The molecule has 24 heavy (non-hydrogen) atoms. The molecule has 0 aliphatic carbocycles. The summed E-state index contributed by atoms with van der Waals surface area (Å²) >= 11 is 3.49. The average molecular weight is 453 g/mol. The van der Waals surface area contributed by atoms with Crippen LogP contribution in [0.1, 0.15) is 5.56 Å². The lowest BCUT2D eigenvalue weighted by molar-refractivity contribution is 0.383. The number of methoxy groups -OCH3 is 1. The minimum Gasteiger partial charge on any atom is -0.493 e. The molecule has 0 bridgehead atoms. The maximum atomic E-state index is 13.8. The molecular formula is C17H13FIN3OS. The third-order valence-corrected chi connectivity index (χ3v) is 4.72. The minimum atomic E-state index is -0.411. The van der Waals surface area contributed by atoms with Crippen molar-refractivity contribution in [3.8, 4) is 17.0 Å². The fourth-order valence-corrected chi connectivity index (χ4v) is 3.58. The smallest absolute Gasteiger partial charge is 0.203 e. The summed E-state index contributed by atoms with van der Waals surface area (Å²) in [6.45, 7) is 0. The molecule has 3 rings (SSSR count). The number of hydrogen-bond acceptors (Lipinski definition) is 5. The summed E-state index contributed by atoms with van der Waals surface area (Å²) in [6, 6.07) is 13.1. The van der Waals surface area contributed by atoms with Crippen molar-refractivity contribution in [2.24, 2.45) is 5.10 Å². The highest BCUT2D eigenvalue weighted by Crippen LogP contribution is 2.26. The fourth-order valence-electron chi connectivity index (χ4n) is 2.08. The van der Waals surface area contributed by atoms with E-state index in [1.54, 1.807) is 12.3 Å². The van der Waals surface area contributed by atoms with Crippen molar-refractivity contribution in [3.05, 3.63) is 62.8 Å². The van der Waals surface area contributed by atoms with Gasteiger partial charge in [-0.1, -0.05) is 30.3 Å². The third-order valence-electron chi connectivity index (χ3n) is 3.17. The maximum absolute atomic E-state index is 13.8. The summed E-state index contributed by atoms with van der Waals surface area (Å²) < 4.78 is 19.5. The van der Waals surface area contributed by atoms with Gasteiger partial charge in [0.05, 0.1) is 22.6 Å². The number of hydrazone groups is 1. The van der Waals surface area contributed by atoms with Crippen LogP contribution in [0, 0.1) is 9.39 Å². The summed E-state index contributed by atoms with van der Waals surface area (Å²) in [7, 11) is 1.45. The summed E-state index contributed by atoms with van der Waals surface area (Å²) in [5.74, 6) is -0.167. The summed E-state index contributed by atoms with van der Waals surface area (Å²) in [6.07, 6.45) is 1.55. The summed E-state index contributed by atoms with van der Waals surface area (Å²) in [4.78, 5) is 4.47. The monoisotopic (exact) mass is 453 g/mol. The second-order valence-corrected chi connectivity index (χ2v) is 6.81. The van der Waals surface area contributed by atoms with Gasteiger partial charge in [-0.3, -0.25) is 5.43 Å². The van der Waals surface area contributed by atoms with E-state index < -0.39 is 5.82 Å². The first kappa shape index (κ1) is 16.8. The molecule has 0 unspecified atom stereocenters. The normalized spacial score (nSPS) is 11.0. The Balaban J connectivity index is 1.70. The van der Waals surface area contributed by atoms with Gasteiger partial charge in [0.1, 0.15) is 0 Å². The van der Waals surface area contributed by atoms with Gasteiger partial charge >= 0.3 is 0 Å². The van der Waals surface area contributed by atoms with Gasteiger partial charge in [-0.15, -0.1) is 11.3 Å². The SMILES string of the molecule is COc1c(F)cc(C=NNc2nc(-c3ccccc3)cs2)cc1I. The minimum absolute atomic E-state index is 0.244. The van der Waals surface area contributed by atoms with Gasteiger partial charge in [-0.2, -0.15) is 5.10 Å². The van der Waals surface area contributed by atoms with Crippen LogP contribution in [0.4, 0.5) is 9.52 Å². The van der Waals surface area contributed by atoms with E-state index in [-0.39, 0.29) is 5.75 Å². The lowest BCUT2D eigenvalue weighted by atomic mass is 10.2. The van der Waals surface area contributed by atoms with E-state index in [4.69, 9.17) is 4.74 Å². The molecule has 0 fully saturated rings. The topological polar surface area (TPSA) is 46.5 Å². The van der Waals surface area contributed by atoms with Crippen molar-refractivity contribution in [3.63, 3.8) is 0 Å². The number of nitrogens with one attached hydrogen (secondary N) is 1. The van der Waals surface area contributed by atoms with Crippen LogP contribution in [0.3, 0.4) is 0 Å². The van der Waals surface area contributed by atoms with Gasteiger partial charge in [0.2, 0.25) is 5.13 Å². The van der Waals surface area contributed by atoms with Crippen LogP contribution in [0.15, 0.2) is 52.9 Å². The van der Waals surface area contributed by atoms with Crippen molar-refractivity contribution in [2.45, 2.75) is 0 Å². The third kappa shape index (κ3) is 3.90. The standard InChI is InChI=1S/C17H13FIN3OS/c1-23-16-13(18)7-11(8-14(16)19)9-20-22-17-21-15(10-24-17)12-5-3-2-4-6-12/h2-10H,1H3,(H,21,22). The highest BCUT2D eigenvalue weighted by atomic mass is 127. The molecule has 1 heterocycles. The molecule has 1 N–H and O–H groups in total. The van der Waals surface area contributed by atoms with Crippen LogP contribution in [-0.2, 0) is 0 Å². The van der Waals surface area contributed by atoms with E-state index in [0.29, 0.717) is 14.3 Å². The predicted molar refractivity (Wildman–Crippen MR) is 104 cm³/mol. The van der Waals surface area contributed by atoms with Crippen molar-refractivity contribution < 1.29 is 9.13 Å². The average Bonchev–Trinajstić information content (AvgIpc) is 3.04. The molecule has 0 aliphatic heterocycles. The molecule has 0 spiro atoms. The van der Waals surface area contributed by atoms with Crippen molar-refractivity contribution in [1.29, 1.82) is 0 Å². The molecule has 3 aromatic rings. The van der Waals surface area contributed by atoms with Gasteiger partial charge in [-0.25, -0.2) is 9.37 Å². The summed E-state index contributed by atoms with van der Waals surface area (Å²) in [5.41, 5.74) is 5.46. The molecule has 0 aliphatic rings. The van der Waals surface area contributed by atoms with Crippen molar-refractivity contribution in [1.82, 2.24) is 4.98 Å². The molecule has 0 atom stereocenters. The van der Waals surface area contributed by atoms with Gasteiger partial charge in [0.15, 0.2) is 11.6 Å². The number of benzene rings is 2. The van der Waals surface area contributed by atoms with Crippen LogP contribution in [0.5, 0.6) is 5.75 Å². The van der Waals surface area contributed by atoms with Crippen molar-refractivity contribution >= 4 is 45.3 Å². The van der Waals surface area contributed by atoms with E-state index in [0.717, 1.165) is 11.3 Å². The van der Waals surface area contributed by atoms with Crippen LogP contribution in [-0.4, -0.2) is 18.3 Å². The quantitative estimate of drug-likeness (QED) is 0.336. The van der Waals surface area contributed by atoms with E-state index in [2.05, 4.69) is 15.5 Å². The van der Waals surface area contributed by atoms with E-state index in [1.807, 2.05) is 58.3 Å². The molecule has 2 aromatic carbocycles. The first-order valence-corrected chi connectivity index (χ1v) is 8.96. The molecule has 0 saturated heterocycles. The van der Waals surface area contributed by atoms with Gasteiger partial charge in [0.25, 0.3) is 0 Å². The summed E-state index contributed by atoms with van der Waals surface area (Å²) in [5, 5.41) is 6.75. The van der Waals surface area contributed by atoms with Crippen molar-refractivity contribution in [2.75, 3.05) is 12.5 Å². The van der Waals surface area contributed by atoms with Crippen LogP contribution < -0.4 is 10.2 Å². The first-order valence-electron chi connectivity index (χ1n) is 7.00. The number of ether oxygens (including phenoxy) is 1. The Hall–Kier alpha value is -2.00. The molecule has 0 amide bonds. The molecule has 122 valence electrons. The zero-order valence-electron chi connectivity index (χ0n) is 12.7. The van der Waals surface area contributed by atoms with Gasteiger partial charge < -0.3 is 4.74 Å². The Kier molecular flexibility index (Phi) is 5.41. The second-order valence-electron chi connectivity index (χ2n) is 4.79. The highest BCUT2D eigenvalue weighted by Gasteiger charge is 2.08. The Morgan fingerprint density at radius 3 is 2.79 bits per heavy atom. The Labute approximate surface area is 156 Å². The lowest BCUT2D eigenvalue weighted by Gasteiger charge is -2.05. The van der Waals surface area contributed by atoms with E-state index in [9.17, 15) is 4.39 Å². The number of anilines is 1. The Morgan fingerprint density at radius 1 is 1.29 bits per heavy atom. The fraction of sp³-hybridized carbons (Fsp3) is 0.0588. The second kappa shape index (κ2) is 7.71. The van der Waals surface area contributed by atoms with E-state index >= 15 is 0 Å². The highest BCUT2D eigenvalue weighted by molar-refractivity contribution is 14.1. The number of rotatable bonds is 5. The maximum Gasteiger partial charge on any atom is 0.203 e. The number of thiazole rings is 1. The number of nitrogens with zero attached hydrogens (tertiary/aromatic N) is 2. The Morgan fingerprint density at radius 2 is 2.08 bits per heavy atom. The van der Waals surface area contributed by atoms with Crippen LogP contribution >= 0.6 is 33.9 Å². The number of hydrogen-bond donors (Lipinski definition) is 1.